The Hall–Kier alpha value is -0.120. The predicted octanol–water partition coefficient (Wildman–Crippen LogP) is 1.49. The van der Waals surface area contributed by atoms with Gasteiger partial charge in [-0.15, -0.1) is 0 Å². The van der Waals surface area contributed by atoms with Gasteiger partial charge in [0.2, 0.25) is 0 Å². The van der Waals surface area contributed by atoms with Gasteiger partial charge < -0.3 is 10.1 Å². The maximum Gasteiger partial charge on any atom is 0.0710 e. The first-order chi connectivity index (χ1) is 7.30. The Morgan fingerprint density at radius 3 is 2.80 bits per heavy atom. The van der Waals surface area contributed by atoms with Crippen molar-refractivity contribution in [3.8, 4) is 0 Å². The van der Waals surface area contributed by atoms with Gasteiger partial charge in [-0.05, 0) is 25.8 Å². The lowest BCUT2D eigenvalue weighted by atomic mass is 10.2. The van der Waals surface area contributed by atoms with E-state index in [1.165, 1.54) is 32.4 Å². The minimum atomic E-state index is 0.466. The molecule has 0 aromatic rings. The molecule has 0 amide bonds. The second kappa shape index (κ2) is 7.20. The van der Waals surface area contributed by atoms with Crippen LogP contribution in [0.5, 0.6) is 0 Å². The number of methoxy groups -OCH3 is 1. The largest absolute Gasteiger partial charge is 0.380 e. The van der Waals surface area contributed by atoms with Crippen molar-refractivity contribution in [2.24, 2.45) is 0 Å². The van der Waals surface area contributed by atoms with Crippen LogP contribution < -0.4 is 5.32 Å². The van der Waals surface area contributed by atoms with Crippen LogP contribution in [0.3, 0.4) is 0 Å². The van der Waals surface area contributed by atoms with Crippen LogP contribution in [0.15, 0.2) is 0 Å². The molecule has 1 heterocycles. The monoisotopic (exact) mass is 214 g/mol. The van der Waals surface area contributed by atoms with Gasteiger partial charge in [0.15, 0.2) is 0 Å². The van der Waals surface area contributed by atoms with Gasteiger partial charge in [0.25, 0.3) is 0 Å². The summed E-state index contributed by atoms with van der Waals surface area (Å²) in [6.07, 6.45) is 4.10. The van der Waals surface area contributed by atoms with E-state index in [2.05, 4.69) is 24.1 Å². The Morgan fingerprint density at radius 1 is 1.47 bits per heavy atom. The van der Waals surface area contributed by atoms with E-state index < -0.39 is 0 Å². The van der Waals surface area contributed by atoms with E-state index >= 15 is 0 Å². The molecule has 15 heavy (non-hydrogen) atoms. The summed E-state index contributed by atoms with van der Waals surface area (Å²) in [5.41, 5.74) is 0. The maximum absolute atomic E-state index is 5.38. The molecule has 90 valence electrons. The van der Waals surface area contributed by atoms with Crippen LogP contribution in [0.4, 0.5) is 0 Å². The first-order valence-corrected chi connectivity index (χ1v) is 6.28. The number of ether oxygens (including phenoxy) is 1. The Labute approximate surface area is 94.2 Å². The summed E-state index contributed by atoms with van der Waals surface area (Å²) in [7, 11) is 1.82. The molecule has 2 atom stereocenters. The molecule has 3 heteroatoms. The summed E-state index contributed by atoms with van der Waals surface area (Å²) in [5, 5.41) is 3.60. The molecule has 0 aromatic carbocycles. The highest BCUT2D eigenvalue weighted by Crippen LogP contribution is 2.12. The SMILES string of the molecule is CCCNC(CC)CN1CCC(OC)C1. The zero-order valence-electron chi connectivity index (χ0n) is 10.5. The standard InChI is InChI=1S/C12H26N2O/c1-4-7-13-11(5-2)9-14-8-6-12(10-14)15-3/h11-13H,4-10H2,1-3H3. The molecule has 3 nitrogen and oxygen atoms in total. The van der Waals surface area contributed by atoms with E-state index in [-0.39, 0.29) is 0 Å². The van der Waals surface area contributed by atoms with E-state index in [0.717, 1.165) is 13.1 Å². The Kier molecular flexibility index (Phi) is 6.22. The van der Waals surface area contributed by atoms with E-state index in [0.29, 0.717) is 12.1 Å². The van der Waals surface area contributed by atoms with Gasteiger partial charge in [0.1, 0.15) is 0 Å². The zero-order valence-corrected chi connectivity index (χ0v) is 10.5. The Morgan fingerprint density at radius 2 is 2.27 bits per heavy atom. The molecule has 0 aliphatic carbocycles. The molecule has 1 aliphatic heterocycles. The van der Waals surface area contributed by atoms with Gasteiger partial charge in [0.05, 0.1) is 6.10 Å². The number of nitrogens with one attached hydrogen (secondary N) is 1. The highest BCUT2D eigenvalue weighted by Gasteiger charge is 2.23. The van der Waals surface area contributed by atoms with Crippen molar-refractivity contribution in [3.63, 3.8) is 0 Å². The summed E-state index contributed by atoms with van der Waals surface area (Å²) in [6, 6.07) is 0.653. The normalized spacial score (nSPS) is 24.6. The van der Waals surface area contributed by atoms with Crippen LogP contribution in [0.1, 0.15) is 33.1 Å². The smallest absolute Gasteiger partial charge is 0.0710 e. The van der Waals surface area contributed by atoms with Crippen molar-refractivity contribution in [1.82, 2.24) is 10.2 Å². The number of hydrogen-bond acceptors (Lipinski definition) is 3. The lowest BCUT2D eigenvalue weighted by molar-refractivity contribution is 0.106. The minimum Gasteiger partial charge on any atom is -0.380 e. The lowest BCUT2D eigenvalue weighted by Gasteiger charge is -2.23. The molecule has 1 rings (SSSR count). The van der Waals surface area contributed by atoms with Crippen LogP contribution in [0, 0.1) is 0 Å². The van der Waals surface area contributed by atoms with Crippen LogP contribution in [0.2, 0.25) is 0 Å². The first-order valence-electron chi connectivity index (χ1n) is 6.28. The van der Waals surface area contributed by atoms with Gasteiger partial charge in [0, 0.05) is 32.8 Å². The molecular formula is C12H26N2O. The molecule has 1 N–H and O–H groups in total. The molecule has 1 saturated heterocycles. The molecular weight excluding hydrogens is 188 g/mol. The van der Waals surface area contributed by atoms with Crippen molar-refractivity contribution in [3.05, 3.63) is 0 Å². The fourth-order valence-electron chi connectivity index (χ4n) is 2.15. The van der Waals surface area contributed by atoms with Crippen LogP contribution in [-0.2, 0) is 4.74 Å². The van der Waals surface area contributed by atoms with E-state index in [9.17, 15) is 0 Å². The quantitative estimate of drug-likeness (QED) is 0.695. The average Bonchev–Trinajstić information content (AvgIpc) is 2.71. The van der Waals surface area contributed by atoms with Crippen molar-refractivity contribution in [2.45, 2.75) is 45.3 Å². The molecule has 0 radical (unpaired) electrons. The fourth-order valence-corrected chi connectivity index (χ4v) is 2.15. The summed E-state index contributed by atoms with van der Waals surface area (Å²) >= 11 is 0. The predicted molar refractivity (Wildman–Crippen MR) is 64.2 cm³/mol. The van der Waals surface area contributed by atoms with Crippen molar-refractivity contribution >= 4 is 0 Å². The van der Waals surface area contributed by atoms with Gasteiger partial charge in [-0.25, -0.2) is 0 Å². The van der Waals surface area contributed by atoms with Gasteiger partial charge in [-0.1, -0.05) is 13.8 Å². The second-order valence-corrected chi connectivity index (χ2v) is 4.47. The maximum atomic E-state index is 5.38. The minimum absolute atomic E-state index is 0.466. The lowest BCUT2D eigenvalue weighted by Crippen LogP contribution is -2.40. The highest BCUT2D eigenvalue weighted by atomic mass is 16.5. The molecule has 1 fully saturated rings. The third-order valence-corrected chi connectivity index (χ3v) is 3.22. The van der Waals surface area contributed by atoms with Crippen LogP contribution >= 0.6 is 0 Å². The molecule has 2 unspecified atom stereocenters. The molecule has 0 saturated carbocycles. The number of nitrogens with zero attached hydrogens (tertiary/aromatic N) is 1. The first kappa shape index (κ1) is 12.9. The fraction of sp³-hybridized carbons (Fsp3) is 1.00. The molecule has 0 aromatic heterocycles. The van der Waals surface area contributed by atoms with Crippen molar-refractivity contribution in [2.75, 3.05) is 33.3 Å². The molecule has 0 bridgehead atoms. The summed E-state index contributed by atoms with van der Waals surface area (Å²) in [6.45, 7) is 9.10. The van der Waals surface area contributed by atoms with Crippen molar-refractivity contribution < 1.29 is 4.74 Å². The van der Waals surface area contributed by atoms with E-state index in [1.807, 2.05) is 7.11 Å². The summed E-state index contributed by atoms with van der Waals surface area (Å²) in [4.78, 5) is 2.52. The topological polar surface area (TPSA) is 24.5 Å². The van der Waals surface area contributed by atoms with Crippen molar-refractivity contribution in [1.29, 1.82) is 0 Å². The number of likely N-dealkylation sites (tertiary alicyclic amines) is 1. The summed E-state index contributed by atoms with van der Waals surface area (Å²) in [5.74, 6) is 0. The molecule has 1 aliphatic rings. The van der Waals surface area contributed by atoms with E-state index in [4.69, 9.17) is 4.74 Å². The third kappa shape index (κ3) is 4.49. The molecule has 0 spiro atoms. The average molecular weight is 214 g/mol. The van der Waals surface area contributed by atoms with Gasteiger partial charge in [-0.2, -0.15) is 0 Å². The van der Waals surface area contributed by atoms with Crippen LogP contribution in [-0.4, -0.2) is 50.3 Å². The van der Waals surface area contributed by atoms with E-state index in [1.54, 1.807) is 0 Å². The Bertz CT molecular complexity index is 164. The number of rotatable bonds is 7. The third-order valence-electron chi connectivity index (χ3n) is 3.22. The van der Waals surface area contributed by atoms with Crippen LogP contribution in [0.25, 0.3) is 0 Å². The number of hydrogen-bond donors (Lipinski definition) is 1. The second-order valence-electron chi connectivity index (χ2n) is 4.47. The van der Waals surface area contributed by atoms with Gasteiger partial charge in [-0.3, -0.25) is 4.90 Å². The zero-order chi connectivity index (χ0) is 11.1. The highest BCUT2D eigenvalue weighted by molar-refractivity contribution is 4.79. The Balaban J connectivity index is 2.20. The summed E-state index contributed by atoms with van der Waals surface area (Å²) < 4.78 is 5.38. The van der Waals surface area contributed by atoms with Gasteiger partial charge >= 0.3 is 0 Å².